The second-order valence-electron chi connectivity index (χ2n) is 11.3. The maximum absolute atomic E-state index is 2.51. The lowest BCUT2D eigenvalue weighted by Crippen LogP contribution is -1.98. The van der Waals surface area contributed by atoms with Crippen LogP contribution in [0.25, 0.3) is 82.1 Å². The van der Waals surface area contributed by atoms with E-state index in [9.17, 15) is 0 Å². The molecule has 0 amide bonds. The quantitative estimate of drug-likeness (QED) is 0.195. The van der Waals surface area contributed by atoms with Crippen LogP contribution in [0.15, 0.2) is 164 Å². The van der Waals surface area contributed by atoms with E-state index in [1.54, 1.807) is 0 Å². The Bertz CT molecular complexity index is 2480. The summed E-state index contributed by atoms with van der Waals surface area (Å²) < 4.78 is 2.51. The number of aromatic nitrogens is 1. The number of hydrogen-bond donors (Lipinski definition) is 0. The first-order valence-corrected chi connectivity index (χ1v) is 14.9. The molecular weight excluding hydrogens is 518 g/mol. The van der Waals surface area contributed by atoms with Crippen molar-refractivity contribution in [2.75, 3.05) is 0 Å². The van der Waals surface area contributed by atoms with Crippen molar-refractivity contribution in [2.24, 2.45) is 0 Å². The van der Waals surface area contributed by atoms with Gasteiger partial charge in [0, 0.05) is 27.1 Å². The van der Waals surface area contributed by atoms with Crippen molar-refractivity contribution in [3.63, 3.8) is 0 Å². The number of para-hydroxylation sites is 2. The van der Waals surface area contributed by atoms with Crippen molar-refractivity contribution in [2.45, 2.75) is 0 Å². The standard InChI is InChI=1S/C42H27N/c1-3-15-28(16-4-1)30-19-11-13-25-38(30)43-39-26-14-12-24-35(39)41-40-33-22-9-7-20-31(33)36(29-17-5-2-6-18-29)27-37(40)32-21-8-10-23-34(32)42(41)43/h1-27H. The first kappa shape index (κ1) is 24.0. The molecule has 9 rings (SSSR count). The highest BCUT2D eigenvalue weighted by molar-refractivity contribution is 6.38. The monoisotopic (exact) mass is 545 g/mol. The van der Waals surface area contributed by atoms with Crippen LogP contribution in [0.3, 0.4) is 0 Å². The molecule has 1 heterocycles. The van der Waals surface area contributed by atoms with Gasteiger partial charge in [-0.2, -0.15) is 0 Å². The van der Waals surface area contributed by atoms with Gasteiger partial charge in [0.1, 0.15) is 0 Å². The Morgan fingerprint density at radius 1 is 0.326 bits per heavy atom. The molecule has 0 unspecified atom stereocenters. The zero-order chi connectivity index (χ0) is 28.3. The van der Waals surface area contributed by atoms with Crippen LogP contribution in [0.1, 0.15) is 0 Å². The van der Waals surface area contributed by atoms with Crippen LogP contribution in [-0.4, -0.2) is 4.57 Å². The van der Waals surface area contributed by atoms with E-state index in [2.05, 4.69) is 168 Å². The lowest BCUT2D eigenvalue weighted by molar-refractivity contribution is 1.19. The van der Waals surface area contributed by atoms with Gasteiger partial charge in [-0.15, -0.1) is 0 Å². The van der Waals surface area contributed by atoms with Crippen LogP contribution >= 0.6 is 0 Å². The van der Waals surface area contributed by atoms with Gasteiger partial charge in [-0.25, -0.2) is 0 Å². The first-order valence-electron chi connectivity index (χ1n) is 14.9. The van der Waals surface area contributed by atoms with E-state index in [0.29, 0.717) is 0 Å². The second kappa shape index (κ2) is 9.44. The molecule has 0 fully saturated rings. The van der Waals surface area contributed by atoms with Crippen LogP contribution in [0, 0.1) is 0 Å². The smallest absolute Gasteiger partial charge is 0.0626 e. The van der Waals surface area contributed by atoms with E-state index in [1.807, 2.05) is 0 Å². The third-order valence-electron chi connectivity index (χ3n) is 8.96. The van der Waals surface area contributed by atoms with Gasteiger partial charge in [0.05, 0.1) is 16.7 Å². The molecule has 200 valence electrons. The number of nitrogens with zero attached hydrogens (tertiary/aromatic N) is 1. The number of fused-ring (bicyclic) bond motifs is 10. The number of benzene rings is 8. The fraction of sp³-hybridized carbons (Fsp3) is 0. The van der Waals surface area contributed by atoms with Crippen LogP contribution in [0.5, 0.6) is 0 Å². The van der Waals surface area contributed by atoms with Gasteiger partial charge in [0.15, 0.2) is 0 Å². The van der Waals surface area contributed by atoms with Crippen LogP contribution < -0.4 is 0 Å². The van der Waals surface area contributed by atoms with Crippen LogP contribution in [0.4, 0.5) is 0 Å². The van der Waals surface area contributed by atoms with Gasteiger partial charge in [0.2, 0.25) is 0 Å². The topological polar surface area (TPSA) is 4.93 Å². The third kappa shape index (κ3) is 3.52. The lowest BCUT2D eigenvalue weighted by atomic mass is 9.88. The highest BCUT2D eigenvalue weighted by atomic mass is 15.0. The minimum atomic E-state index is 1.19. The van der Waals surface area contributed by atoms with Crippen molar-refractivity contribution >= 4 is 54.1 Å². The summed E-state index contributed by atoms with van der Waals surface area (Å²) in [5, 5.41) is 10.3. The molecule has 0 saturated heterocycles. The fourth-order valence-electron chi connectivity index (χ4n) is 7.17. The van der Waals surface area contributed by atoms with E-state index in [1.165, 1.54) is 82.1 Å². The molecule has 1 aromatic heterocycles. The van der Waals surface area contributed by atoms with Crippen molar-refractivity contribution in [1.82, 2.24) is 4.57 Å². The highest BCUT2D eigenvalue weighted by Gasteiger charge is 2.22. The molecule has 0 aliphatic heterocycles. The SMILES string of the molecule is c1ccc(-c2ccccc2-n2c3ccccc3c3c4c5ccccc5c(-c5ccccc5)cc4c4ccccc4c32)cc1. The van der Waals surface area contributed by atoms with Crippen molar-refractivity contribution in [3.05, 3.63) is 164 Å². The highest BCUT2D eigenvalue weighted by Crippen LogP contribution is 2.47. The van der Waals surface area contributed by atoms with Crippen molar-refractivity contribution in [1.29, 1.82) is 0 Å². The number of hydrogen-bond acceptors (Lipinski definition) is 0. The van der Waals surface area contributed by atoms with E-state index < -0.39 is 0 Å². The molecular formula is C42H27N. The summed E-state index contributed by atoms with van der Waals surface area (Å²) in [4.78, 5) is 0. The van der Waals surface area contributed by atoms with Gasteiger partial charge in [0.25, 0.3) is 0 Å². The molecule has 0 radical (unpaired) electrons. The average molecular weight is 546 g/mol. The molecule has 0 aliphatic carbocycles. The molecule has 9 aromatic rings. The molecule has 0 N–H and O–H groups in total. The normalized spacial score (nSPS) is 11.7. The van der Waals surface area contributed by atoms with Gasteiger partial charge < -0.3 is 4.57 Å². The minimum Gasteiger partial charge on any atom is -0.308 e. The Morgan fingerprint density at radius 3 is 1.60 bits per heavy atom. The van der Waals surface area contributed by atoms with E-state index >= 15 is 0 Å². The summed E-state index contributed by atoms with van der Waals surface area (Å²) in [6, 6.07) is 59.6. The van der Waals surface area contributed by atoms with E-state index in [-0.39, 0.29) is 0 Å². The van der Waals surface area contributed by atoms with Gasteiger partial charge in [-0.1, -0.05) is 146 Å². The van der Waals surface area contributed by atoms with Gasteiger partial charge in [-0.05, 0) is 56.4 Å². The van der Waals surface area contributed by atoms with E-state index in [4.69, 9.17) is 0 Å². The Morgan fingerprint density at radius 2 is 0.860 bits per heavy atom. The van der Waals surface area contributed by atoms with Crippen LogP contribution in [0.2, 0.25) is 0 Å². The first-order chi connectivity index (χ1) is 21.4. The summed E-state index contributed by atoms with van der Waals surface area (Å²) >= 11 is 0. The molecule has 43 heavy (non-hydrogen) atoms. The maximum Gasteiger partial charge on any atom is 0.0626 e. The minimum absolute atomic E-state index is 1.19. The lowest BCUT2D eigenvalue weighted by Gasteiger charge is -2.17. The largest absolute Gasteiger partial charge is 0.308 e. The molecule has 0 atom stereocenters. The molecule has 8 aromatic carbocycles. The van der Waals surface area contributed by atoms with Crippen molar-refractivity contribution in [3.8, 4) is 27.9 Å². The molecule has 0 bridgehead atoms. The predicted molar refractivity (Wildman–Crippen MR) is 184 cm³/mol. The van der Waals surface area contributed by atoms with Gasteiger partial charge in [-0.3, -0.25) is 0 Å². The summed E-state index contributed by atoms with van der Waals surface area (Å²) in [7, 11) is 0. The summed E-state index contributed by atoms with van der Waals surface area (Å²) in [6.07, 6.45) is 0. The summed E-state index contributed by atoms with van der Waals surface area (Å²) in [5.74, 6) is 0. The Hall–Kier alpha value is -5.66. The zero-order valence-corrected chi connectivity index (χ0v) is 23.5. The Balaban J connectivity index is 1.55. The maximum atomic E-state index is 2.51. The zero-order valence-electron chi connectivity index (χ0n) is 23.5. The Labute approximate surface area is 249 Å². The Kier molecular flexibility index (Phi) is 5.27. The summed E-state index contributed by atoms with van der Waals surface area (Å²) in [5.41, 5.74) is 8.61. The molecule has 0 saturated carbocycles. The van der Waals surface area contributed by atoms with Crippen LogP contribution in [-0.2, 0) is 0 Å². The van der Waals surface area contributed by atoms with Crippen molar-refractivity contribution < 1.29 is 0 Å². The fourth-order valence-corrected chi connectivity index (χ4v) is 7.17. The third-order valence-corrected chi connectivity index (χ3v) is 8.96. The molecule has 1 heteroatoms. The predicted octanol–water partition coefficient (Wildman–Crippen LogP) is 11.6. The molecule has 0 aliphatic rings. The summed E-state index contributed by atoms with van der Waals surface area (Å²) in [6.45, 7) is 0. The molecule has 0 spiro atoms. The number of rotatable bonds is 3. The van der Waals surface area contributed by atoms with Gasteiger partial charge >= 0.3 is 0 Å². The molecule has 1 nitrogen and oxygen atoms in total. The average Bonchev–Trinajstić information content (AvgIpc) is 3.44. The van der Waals surface area contributed by atoms with E-state index in [0.717, 1.165) is 0 Å². The second-order valence-corrected chi connectivity index (χ2v) is 11.3.